The number of benzene rings is 1. The average molecular weight is 356 g/mol. The average Bonchev–Trinajstić information content (AvgIpc) is 3.32. The summed E-state index contributed by atoms with van der Waals surface area (Å²) in [7, 11) is 0. The number of amides is 1. The van der Waals surface area contributed by atoms with Crippen LogP contribution >= 0.6 is 23.1 Å². The van der Waals surface area contributed by atoms with Crippen molar-refractivity contribution >= 4 is 29.0 Å². The van der Waals surface area contributed by atoms with Crippen LogP contribution < -0.4 is 0 Å². The zero-order valence-electron chi connectivity index (χ0n) is 13.0. The summed E-state index contributed by atoms with van der Waals surface area (Å²) in [5, 5.41) is 0.744. The van der Waals surface area contributed by atoms with Crippen LogP contribution in [-0.2, 0) is 0 Å². The summed E-state index contributed by atoms with van der Waals surface area (Å²) in [6, 6.07) is 13.6. The van der Waals surface area contributed by atoms with Gasteiger partial charge in [-0.2, -0.15) is 11.8 Å². The lowest BCUT2D eigenvalue weighted by atomic mass is 10.1. The summed E-state index contributed by atoms with van der Waals surface area (Å²) in [5.74, 6) is 2.77. The molecule has 1 aliphatic heterocycles. The fourth-order valence-electron chi connectivity index (χ4n) is 2.67. The van der Waals surface area contributed by atoms with Gasteiger partial charge in [-0.3, -0.25) is 4.79 Å². The van der Waals surface area contributed by atoms with Gasteiger partial charge in [-0.05, 0) is 12.1 Å². The molecule has 1 aromatic carbocycles. The van der Waals surface area contributed by atoms with E-state index in [2.05, 4.69) is 0 Å². The molecule has 1 aliphatic rings. The smallest absolute Gasteiger partial charge is 0.266 e. The van der Waals surface area contributed by atoms with E-state index in [1.165, 1.54) is 11.3 Å². The summed E-state index contributed by atoms with van der Waals surface area (Å²) in [5.41, 5.74) is 1.71. The number of thioether (sulfide) groups is 1. The van der Waals surface area contributed by atoms with Crippen molar-refractivity contribution in [3.63, 3.8) is 0 Å². The van der Waals surface area contributed by atoms with Gasteiger partial charge in [0.15, 0.2) is 10.8 Å². The first kappa shape index (κ1) is 15.5. The van der Waals surface area contributed by atoms with Crippen LogP contribution in [0.15, 0.2) is 53.1 Å². The number of carbonyl (C=O) groups excluding carboxylic acids is 1. The first-order valence-electron chi connectivity index (χ1n) is 7.80. The third-order valence-electron chi connectivity index (χ3n) is 3.90. The standard InChI is InChI=1S/C18H16N2O2S2/c21-18(20-8-11-23-12-9-20)16-15(13-5-2-1-3-6-13)19-17(24-16)14-7-4-10-22-14/h1-7,10H,8-9,11-12H2. The van der Waals surface area contributed by atoms with Crippen molar-refractivity contribution in [2.24, 2.45) is 0 Å². The lowest BCUT2D eigenvalue weighted by Gasteiger charge is -2.26. The van der Waals surface area contributed by atoms with Crippen LogP contribution in [-0.4, -0.2) is 40.4 Å². The molecule has 0 bridgehead atoms. The van der Waals surface area contributed by atoms with E-state index in [1.54, 1.807) is 6.26 Å². The first-order chi connectivity index (χ1) is 11.8. The van der Waals surface area contributed by atoms with Gasteiger partial charge in [-0.1, -0.05) is 30.3 Å². The third-order valence-corrected chi connectivity index (χ3v) is 5.90. The van der Waals surface area contributed by atoms with Crippen LogP contribution in [0, 0.1) is 0 Å². The highest BCUT2D eigenvalue weighted by Crippen LogP contribution is 2.35. The monoisotopic (exact) mass is 356 g/mol. The van der Waals surface area contributed by atoms with Crippen molar-refractivity contribution < 1.29 is 9.21 Å². The van der Waals surface area contributed by atoms with Crippen molar-refractivity contribution in [2.45, 2.75) is 0 Å². The van der Waals surface area contributed by atoms with Crippen LogP contribution in [0.2, 0.25) is 0 Å². The van der Waals surface area contributed by atoms with Gasteiger partial charge in [-0.15, -0.1) is 11.3 Å². The Labute approximate surface area is 148 Å². The Morgan fingerprint density at radius 3 is 2.58 bits per heavy atom. The van der Waals surface area contributed by atoms with Crippen LogP contribution in [0.25, 0.3) is 22.0 Å². The lowest BCUT2D eigenvalue weighted by Crippen LogP contribution is -2.37. The highest BCUT2D eigenvalue weighted by molar-refractivity contribution is 7.99. The summed E-state index contributed by atoms with van der Waals surface area (Å²) >= 11 is 3.30. The molecule has 0 atom stereocenters. The SMILES string of the molecule is O=C(c1sc(-c2ccco2)nc1-c1ccccc1)N1CCSCC1. The van der Waals surface area contributed by atoms with E-state index in [9.17, 15) is 4.79 Å². The van der Waals surface area contributed by atoms with Gasteiger partial charge in [0.25, 0.3) is 5.91 Å². The molecule has 1 amide bonds. The highest BCUT2D eigenvalue weighted by atomic mass is 32.2. The van der Waals surface area contributed by atoms with Gasteiger partial charge >= 0.3 is 0 Å². The van der Waals surface area contributed by atoms with Gasteiger partial charge in [0, 0.05) is 30.2 Å². The molecule has 0 N–H and O–H groups in total. The zero-order valence-corrected chi connectivity index (χ0v) is 14.6. The van der Waals surface area contributed by atoms with E-state index >= 15 is 0 Å². The molecular formula is C18H16N2O2S2. The number of hydrogen-bond donors (Lipinski definition) is 0. The molecule has 0 aliphatic carbocycles. The molecule has 0 saturated carbocycles. The number of carbonyl (C=O) groups is 1. The second-order valence-electron chi connectivity index (χ2n) is 5.44. The first-order valence-corrected chi connectivity index (χ1v) is 9.77. The van der Waals surface area contributed by atoms with Crippen molar-refractivity contribution in [2.75, 3.05) is 24.6 Å². The maximum Gasteiger partial charge on any atom is 0.266 e. The third kappa shape index (κ3) is 2.99. The molecule has 2 aromatic heterocycles. The molecule has 122 valence electrons. The van der Waals surface area contributed by atoms with Crippen LogP contribution in [0.4, 0.5) is 0 Å². The van der Waals surface area contributed by atoms with E-state index in [0.29, 0.717) is 10.6 Å². The van der Waals surface area contributed by atoms with Gasteiger partial charge < -0.3 is 9.32 Å². The highest BCUT2D eigenvalue weighted by Gasteiger charge is 2.26. The molecule has 6 heteroatoms. The molecule has 0 unspecified atom stereocenters. The molecule has 0 radical (unpaired) electrons. The molecule has 4 nitrogen and oxygen atoms in total. The lowest BCUT2D eigenvalue weighted by molar-refractivity contribution is 0.0777. The Bertz CT molecular complexity index is 822. The Morgan fingerprint density at radius 1 is 1.08 bits per heavy atom. The van der Waals surface area contributed by atoms with Crippen LogP contribution in [0.3, 0.4) is 0 Å². The number of thiazole rings is 1. The number of hydrogen-bond acceptors (Lipinski definition) is 5. The van der Waals surface area contributed by atoms with Crippen molar-refractivity contribution in [3.8, 4) is 22.0 Å². The minimum atomic E-state index is 0.0736. The fourth-order valence-corrected chi connectivity index (χ4v) is 4.60. The molecule has 3 heterocycles. The normalized spacial score (nSPS) is 14.8. The summed E-state index contributed by atoms with van der Waals surface area (Å²) in [6.07, 6.45) is 1.63. The fraction of sp³-hybridized carbons (Fsp3) is 0.222. The zero-order chi connectivity index (χ0) is 16.4. The van der Waals surface area contributed by atoms with Crippen LogP contribution in [0.1, 0.15) is 9.67 Å². The van der Waals surface area contributed by atoms with Crippen molar-refractivity contribution in [1.29, 1.82) is 0 Å². The Balaban J connectivity index is 1.77. The van der Waals surface area contributed by atoms with Crippen molar-refractivity contribution in [1.82, 2.24) is 9.88 Å². The van der Waals surface area contributed by atoms with Gasteiger partial charge in [-0.25, -0.2) is 4.98 Å². The molecule has 4 rings (SSSR count). The van der Waals surface area contributed by atoms with Gasteiger partial charge in [0.05, 0.1) is 12.0 Å². The van der Waals surface area contributed by atoms with Crippen molar-refractivity contribution in [3.05, 3.63) is 53.6 Å². The maximum absolute atomic E-state index is 13.0. The van der Waals surface area contributed by atoms with E-state index in [1.807, 2.05) is 59.1 Å². The molecule has 24 heavy (non-hydrogen) atoms. The van der Waals surface area contributed by atoms with E-state index in [4.69, 9.17) is 9.40 Å². The van der Waals surface area contributed by atoms with Gasteiger partial charge in [0.1, 0.15) is 4.88 Å². The number of aromatic nitrogens is 1. The number of rotatable bonds is 3. The summed E-state index contributed by atoms with van der Waals surface area (Å²) in [4.78, 5) is 20.4. The summed E-state index contributed by atoms with van der Waals surface area (Å²) in [6.45, 7) is 1.59. The van der Waals surface area contributed by atoms with Gasteiger partial charge in [0.2, 0.25) is 0 Å². The van der Waals surface area contributed by atoms with E-state index in [-0.39, 0.29) is 5.91 Å². The second-order valence-corrected chi connectivity index (χ2v) is 7.67. The minimum absolute atomic E-state index is 0.0736. The Morgan fingerprint density at radius 2 is 1.88 bits per heavy atom. The largest absolute Gasteiger partial charge is 0.462 e. The van der Waals surface area contributed by atoms with E-state index < -0.39 is 0 Å². The van der Waals surface area contributed by atoms with E-state index in [0.717, 1.165) is 40.9 Å². The molecule has 3 aromatic rings. The van der Waals surface area contributed by atoms with Crippen LogP contribution in [0.5, 0.6) is 0 Å². The molecule has 1 saturated heterocycles. The Kier molecular flexibility index (Phi) is 4.40. The molecular weight excluding hydrogens is 340 g/mol. The Hall–Kier alpha value is -2.05. The predicted molar refractivity (Wildman–Crippen MR) is 98.5 cm³/mol. The molecule has 0 spiro atoms. The quantitative estimate of drug-likeness (QED) is 0.703. The number of nitrogens with zero attached hydrogens (tertiary/aromatic N) is 2. The topological polar surface area (TPSA) is 46.3 Å². The maximum atomic E-state index is 13.0. The number of furan rings is 1. The second kappa shape index (κ2) is 6.83. The summed E-state index contributed by atoms with van der Waals surface area (Å²) < 4.78 is 5.47. The molecule has 1 fully saturated rings. The minimum Gasteiger partial charge on any atom is -0.462 e. The predicted octanol–water partition coefficient (Wildman–Crippen LogP) is 4.26.